The highest BCUT2D eigenvalue weighted by molar-refractivity contribution is 5.30. The molecule has 2 rings (SSSR count). The normalized spacial score (nSPS) is 22.4. The van der Waals surface area contributed by atoms with Crippen LogP contribution in [0, 0.1) is 13.8 Å². The number of hydrogen-bond donors (Lipinski definition) is 2. The second-order valence-electron chi connectivity index (χ2n) is 4.90. The van der Waals surface area contributed by atoms with Gasteiger partial charge in [-0.3, -0.25) is 0 Å². The first-order chi connectivity index (χ1) is 8.15. The van der Waals surface area contributed by atoms with Crippen molar-refractivity contribution >= 4 is 0 Å². The average Bonchev–Trinajstić information content (AvgIpc) is 2.29. The summed E-state index contributed by atoms with van der Waals surface area (Å²) in [4.78, 5) is 0. The van der Waals surface area contributed by atoms with Crippen LogP contribution < -0.4 is 5.32 Å². The van der Waals surface area contributed by atoms with E-state index >= 15 is 0 Å². The third-order valence-electron chi connectivity index (χ3n) is 3.14. The summed E-state index contributed by atoms with van der Waals surface area (Å²) in [6, 6.07) is 6.50. The Morgan fingerprint density at radius 2 is 2.06 bits per heavy atom. The Labute approximate surface area is 103 Å². The Bertz CT molecular complexity index is 352. The second kappa shape index (κ2) is 5.63. The number of hydrogen-bond acceptors (Lipinski definition) is 3. The molecule has 0 saturated carbocycles. The topological polar surface area (TPSA) is 41.5 Å². The summed E-state index contributed by atoms with van der Waals surface area (Å²) in [6.45, 7) is 6.47. The van der Waals surface area contributed by atoms with Gasteiger partial charge in [-0.2, -0.15) is 0 Å². The highest BCUT2D eigenvalue weighted by atomic mass is 16.5. The van der Waals surface area contributed by atoms with Crippen molar-refractivity contribution < 1.29 is 9.84 Å². The van der Waals surface area contributed by atoms with Gasteiger partial charge in [-0.1, -0.05) is 29.3 Å². The summed E-state index contributed by atoms with van der Waals surface area (Å²) < 4.78 is 5.39. The van der Waals surface area contributed by atoms with E-state index in [1.165, 1.54) is 11.1 Å². The molecule has 17 heavy (non-hydrogen) atoms. The number of morpholine rings is 1. The Morgan fingerprint density at radius 3 is 2.65 bits per heavy atom. The molecule has 1 aliphatic rings. The molecule has 2 atom stereocenters. The van der Waals surface area contributed by atoms with Crippen molar-refractivity contribution in [2.24, 2.45) is 0 Å². The lowest BCUT2D eigenvalue weighted by atomic mass is 9.98. The maximum absolute atomic E-state index is 10.2. The fourth-order valence-corrected chi connectivity index (χ4v) is 2.38. The van der Waals surface area contributed by atoms with Gasteiger partial charge in [0.2, 0.25) is 0 Å². The minimum Gasteiger partial charge on any atom is -0.388 e. The van der Waals surface area contributed by atoms with E-state index in [0.29, 0.717) is 13.0 Å². The Hall–Kier alpha value is -0.900. The summed E-state index contributed by atoms with van der Waals surface area (Å²) >= 11 is 0. The highest BCUT2D eigenvalue weighted by Gasteiger charge is 2.18. The second-order valence-corrected chi connectivity index (χ2v) is 4.90. The van der Waals surface area contributed by atoms with Crippen molar-refractivity contribution in [2.75, 3.05) is 19.8 Å². The number of ether oxygens (including phenoxy) is 1. The van der Waals surface area contributed by atoms with Crippen molar-refractivity contribution in [2.45, 2.75) is 32.4 Å². The maximum Gasteiger partial charge on any atom is 0.0806 e. The lowest BCUT2D eigenvalue weighted by Crippen LogP contribution is -2.42. The first-order valence-electron chi connectivity index (χ1n) is 6.22. The van der Waals surface area contributed by atoms with E-state index in [1.807, 2.05) is 0 Å². The third kappa shape index (κ3) is 3.53. The smallest absolute Gasteiger partial charge is 0.0806 e. The number of aliphatic hydroxyl groups excluding tert-OH is 1. The van der Waals surface area contributed by atoms with Crippen molar-refractivity contribution in [3.05, 3.63) is 34.9 Å². The summed E-state index contributed by atoms with van der Waals surface area (Å²) in [5.41, 5.74) is 3.41. The molecular weight excluding hydrogens is 214 g/mol. The van der Waals surface area contributed by atoms with E-state index in [4.69, 9.17) is 4.74 Å². The van der Waals surface area contributed by atoms with Crippen LogP contribution in [0.15, 0.2) is 18.2 Å². The number of aryl methyl sites for hydroxylation is 2. The van der Waals surface area contributed by atoms with E-state index in [-0.39, 0.29) is 6.04 Å². The highest BCUT2D eigenvalue weighted by Crippen LogP contribution is 2.21. The minimum atomic E-state index is -0.409. The predicted octanol–water partition coefficient (Wildman–Crippen LogP) is 1.72. The van der Waals surface area contributed by atoms with E-state index in [1.54, 1.807) is 0 Å². The van der Waals surface area contributed by atoms with Crippen LogP contribution in [0.5, 0.6) is 0 Å². The van der Waals surface area contributed by atoms with Gasteiger partial charge >= 0.3 is 0 Å². The molecule has 0 spiro atoms. The zero-order chi connectivity index (χ0) is 12.3. The lowest BCUT2D eigenvalue weighted by molar-refractivity contribution is 0.0519. The number of rotatable bonds is 3. The molecule has 1 aliphatic heterocycles. The van der Waals surface area contributed by atoms with Gasteiger partial charge in [0.1, 0.15) is 0 Å². The quantitative estimate of drug-likeness (QED) is 0.838. The molecule has 0 amide bonds. The van der Waals surface area contributed by atoms with Gasteiger partial charge in [0.25, 0.3) is 0 Å². The minimum absolute atomic E-state index is 0.263. The Balaban J connectivity index is 2.00. The molecule has 1 saturated heterocycles. The Morgan fingerprint density at radius 1 is 1.35 bits per heavy atom. The van der Waals surface area contributed by atoms with E-state index in [9.17, 15) is 5.11 Å². The van der Waals surface area contributed by atoms with Crippen LogP contribution in [-0.4, -0.2) is 30.9 Å². The van der Waals surface area contributed by atoms with Gasteiger partial charge in [0, 0.05) is 12.6 Å². The summed E-state index contributed by atoms with van der Waals surface area (Å²) in [6.07, 6.45) is 0.302. The lowest BCUT2D eigenvalue weighted by Gasteiger charge is -2.26. The largest absolute Gasteiger partial charge is 0.388 e. The zero-order valence-corrected chi connectivity index (χ0v) is 10.6. The third-order valence-corrected chi connectivity index (χ3v) is 3.14. The molecule has 1 fully saturated rings. The number of benzene rings is 1. The average molecular weight is 235 g/mol. The number of nitrogens with one attached hydrogen (secondary N) is 1. The van der Waals surface area contributed by atoms with Gasteiger partial charge < -0.3 is 15.2 Å². The number of aliphatic hydroxyl groups is 1. The molecular formula is C14H21NO2. The van der Waals surface area contributed by atoms with Crippen LogP contribution in [0.3, 0.4) is 0 Å². The molecule has 1 heterocycles. The molecule has 3 heteroatoms. The fraction of sp³-hybridized carbons (Fsp3) is 0.571. The molecule has 1 aromatic rings. The van der Waals surface area contributed by atoms with Crippen molar-refractivity contribution in [3.8, 4) is 0 Å². The van der Waals surface area contributed by atoms with Gasteiger partial charge in [-0.25, -0.2) is 0 Å². The summed E-state index contributed by atoms with van der Waals surface area (Å²) in [5.74, 6) is 0. The molecule has 2 unspecified atom stereocenters. The molecule has 0 radical (unpaired) electrons. The van der Waals surface area contributed by atoms with E-state index < -0.39 is 6.10 Å². The molecule has 0 aliphatic carbocycles. The fourth-order valence-electron chi connectivity index (χ4n) is 2.38. The molecule has 2 N–H and O–H groups in total. The van der Waals surface area contributed by atoms with Crippen molar-refractivity contribution in [1.29, 1.82) is 0 Å². The summed E-state index contributed by atoms with van der Waals surface area (Å²) in [7, 11) is 0. The molecule has 0 aromatic heterocycles. The van der Waals surface area contributed by atoms with Crippen molar-refractivity contribution in [3.63, 3.8) is 0 Å². The van der Waals surface area contributed by atoms with Crippen LogP contribution in [0.25, 0.3) is 0 Å². The predicted molar refractivity (Wildman–Crippen MR) is 68.1 cm³/mol. The zero-order valence-electron chi connectivity index (χ0n) is 10.6. The van der Waals surface area contributed by atoms with E-state index in [2.05, 4.69) is 37.4 Å². The maximum atomic E-state index is 10.2. The van der Waals surface area contributed by atoms with Crippen molar-refractivity contribution in [1.82, 2.24) is 5.32 Å². The van der Waals surface area contributed by atoms with Gasteiger partial charge in [0.15, 0.2) is 0 Å². The van der Waals surface area contributed by atoms with Crippen LogP contribution in [-0.2, 0) is 4.74 Å². The molecule has 0 bridgehead atoms. The molecule has 3 nitrogen and oxygen atoms in total. The van der Waals surface area contributed by atoms with Gasteiger partial charge in [-0.15, -0.1) is 0 Å². The first-order valence-corrected chi connectivity index (χ1v) is 6.22. The first kappa shape index (κ1) is 12.6. The van der Waals surface area contributed by atoms with Crippen LogP contribution >= 0.6 is 0 Å². The molecule has 94 valence electrons. The Kier molecular flexibility index (Phi) is 4.15. The van der Waals surface area contributed by atoms with E-state index in [0.717, 1.165) is 18.7 Å². The van der Waals surface area contributed by atoms with Gasteiger partial charge in [0.05, 0.1) is 19.3 Å². The summed E-state index contributed by atoms with van der Waals surface area (Å²) in [5, 5.41) is 13.6. The van der Waals surface area contributed by atoms with Crippen LogP contribution in [0.2, 0.25) is 0 Å². The van der Waals surface area contributed by atoms with Gasteiger partial charge in [-0.05, 0) is 25.8 Å². The molecule has 1 aromatic carbocycles. The monoisotopic (exact) mass is 235 g/mol. The SMILES string of the molecule is Cc1cc(C)cc(C(O)CC2COCCN2)c1. The van der Waals surface area contributed by atoms with Crippen LogP contribution in [0.1, 0.15) is 29.2 Å². The standard InChI is InChI=1S/C14H21NO2/c1-10-5-11(2)7-12(6-10)14(16)8-13-9-17-4-3-15-13/h5-7,13-16H,3-4,8-9H2,1-2H3. The van der Waals surface area contributed by atoms with Crippen LogP contribution in [0.4, 0.5) is 0 Å².